The van der Waals surface area contributed by atoms with Gasteiger partial charge in [0.2, 0.25) is 0 Å². The highest BCUT2D eigenvalue weighted by molar-refractivity contribution is 9.10. The van der Waals surface area contributed by atoms with Crippen molar-refractivity contribution < 1.29 is 0 Å². The molecule has 1 aromatic heterocycles. The van der Waals surface area contributed by atoms with E-state index in [-0.39, 0.29) is 0 Å². The van der Waals surface area contributed by atoms with Crippen LogP contribution in [0.5, 0.6) is 0 Å². The first-order valence-corrected chi connectivity index (χ1v) is 6.59. The van der Waals surface area contributed by atoms with E-state index in [1.54, 1.807) is 6.33 Å². The Balaban J connectivity index is 1.99. The first-order chi connectivity index (χ1) is 7.55. The van der Waals surface area contributed by atoms with E-state index < -0.39 is 0 Å². The van der Waals surface area contributed by atoms with Crippen LogP contribution >= 0.6 is 15.9 Å². The Hall–Kier alpha value is -0.640. The Morgan fingerprint density at radius 1 is 1.44 bits per heavy atom. The van der Waals surface area contributed by atoms with E-state index in [1.165, 1.54) is 25.7 Å². The van der Waals surface area contributed by atoms with Crippen molar-refractivity contribution in [2.75, 3.05) is 5.32 Å². The highest BCUT2D eigenvalue weighted by Crippen LogP contribution is 2.36. The summed E-state index contributed by atoms with van der Waals surface area (Å²) >= 11 is 3.36. The molecule has 16 heavy (non-hydrogen) atoms. The zero-order chi connectivity index (χ0) is 11.6. The van der Waals surface area contributed by atoms with Gasteiger partial charge in [0.15, 0.2) is 0 Å². The predicted molar refractivity (Wildman–Crippen MR) is 69.4 cm³/mol. The summed E-state index contributed by atoms with van der Waals surface area (Å²) < 4.78 is 0.833. The molecule has 2 rings (SSSR count). The normalized spacial score (nSPS) is 24.1. The molecule has 1 saturated carbocycles. The molecular weight excluding hydrogens is 266 g/mol. The lowest BCUT2D eigenvalue weighted by Gasteiger charge is -2.35. The summed E-state index contributed by atoms with van der Waals surface area (Å²) in [6.07, 6.45) is 6.68. The van der Waals surface area contributed by atoms with Gasteiger partial charge in [-0.25, -0.2) is 9.97 Å². The van der Waals surface area contributed by atoms with Gasteiger partial charge in [0.05, 0.1) is 0 Å². The predicted octanol–water partition coefficient (Wildman–Crippen LogP) is 3.62. The summed E-state index contributed by atoms with van der Waals surface area (Å²) in [7, 11) is 0. The van der Waals surface area contributed by atoms with Crippen molar-refractivity contribution in [2.45, 2.75) is 45.6 Å². The topological polar surface area (TPSA) is 37.8 Å². The first kappa shape index (κ1) is 11.8. The molecule has 0 radical (unpaired) electrons. The highest BCUT2D eigenvalue weighted by Gasteiger charge is 2.27. The number of aromatic nitrogens is 2. The first-order valence-electron chi connectivity index (χ1n) is 5.79. The third-order valence-corrected chi connectivity index (χ3v) is 3.62. The zero-order valence-electron chi connectivity index (χ0n) is 9.83. The number of nitrogens with one attached hydrogen (secondary N) is 1. The largest absolute Gasteiger partial charge is 0.367 e. The molecule has 1 N–H and O–H groups in total. The smallest absolute Gasteiger partial charge is 0.130 e. The van der Waals surface area contributed by atoms with Crippen LogP contribution in [0.1, 0.15) is 39.5 Å². The molecule has 1 aliphatic carbocycles. The lowest BCUT2D eigenvalue weighted by molar-refractivity contribution is 0.229. The average Bonchev–Trinajstić information content (AvgIpc) is 2.15. The van der Waals surface area contributed by atoms with Crippen molar-refractivity contribution in [1.82, 2.24) is 9.97 Å². The van der Waals surface area contributed by atoms with Crippen molar-refractivity contribution in [2.24, 2.45) is 5.41 Å². The van der Waals surface area contributed by atoms with Crippen LogP contribution in [-0.4, -0.2) is 16.0 Å². The second-order valence-corrected chi connectivity index (χ2v) is 6.14. The molecule has 1 aliphatic rings. The number of anilines is 1. The quantitative estimate of drug-likeness (QED) is 0.843. The molecule has 1 aromatic rings. The van der Waals surface area contributed by atoms with Crippen LogP contribution < -0.4 is 5.32 Å². The zero-order valence-corrected chi connectivity index (χ0v) is 11.4. The summed E-state index contributed by atoms with van der Waals surface area (Å²) in [5.74, 6) is 0.921. The molecule has 1 fully saturated rings. The molecule has 3 nitrogen and oxygen atoms in total. The number of halogens is 1. The van der Waals surface area contributed by atoms with Crippen LogP contribution in [-0.2, 0) is 0 Å². The SMILES string of the molecule is CC1(C)CCCC(Nc2cc(Br)ncn2)C1. The van der Waals surface area contributed by atoms with E-state index in [9.17, 15) is 0 Å². The Labute approximate surface area is 105 Å². The fourth-order valence-electron chi connectivity index (χ4n) is 2.44. The van der Waals surface area contributed by atoms with Crippen molar-refractivity contribution >= 4 is 21.7 Å². The minimum Gasteiger partial charge on any atom is -0.367 e. The van der Waals surface area contributed by atoms with Crippen LogP contribution in [0, 0.1) is 5.41 Å². The number of hydrogen-bond donors (Lipinski definition) is 1. The Bertz CT molecular complexity index is 365. The van der Waals surface area contributed by atoms with Crippen LogP contribution in [0.2, 0.25) is 0 Å². The second kappa shape index (κ2) is 4.70. The molecule has 0 bridgehead atoms. The molecule has 88 valence electrons. The molecule has 0 aromatic carbocycles. The highest BCUT2D eigenvalue weighted by atomic mass is 79.9. The monoisotopic (exact) mass is 283 g/mol. The van der Waals surface area contributed by atoms with Gasteiger partial charge in [-0.3, -0.25) is 0 Å². The van der Waals surface area contributed by atoms with Crippen molar-refractivity contribution in [3.63, 3.8) is 0 Å². The lowest BCUT2D eigenvalue weighted by atomic mass is 9.75. The molecule has 1 unspecified atom stereocenters. The van der Waals surface area contributed by atoms with Gasteiger partial charge in [-0.05, 0) is 40.6 Å². The lowest BCUT2D eigenvalue weighted by Crippen LogP contribution is -2.32. The molecule has 0 aliphatic heterocycles. The van der Waals surface area contributed by atoms with E-state index in [0.717, 1.165) is 10.4 Å². The fraction of sp³-hybridized carbons (Fsp3) is 0.667. The summed E-state index contributed by atoms with van der Waals surface area (Å²) in [6, 6.07) is 2.48. The summed E-state index contributed by atoms with van der Waals surface area (Å²) in [4.78, 5) is 8.26. The van der Waals surface area contributed by atoms with E-state index in [4.69, 9.17) is 0 Å². The third-order valence-electron chi connectivity index (χ3n) is 3.19. The van der Waals surface area contributed by atoms with Crippen LogP contribution in [0.3, 0.4) is 0 Å². The van der Waals surface area contributed by atoms with Gasteiger partial charge in [0, 0.05) is 12.1 Å². The molecule has 4 heteroatoms. The number of hydrogen-bond acceptors (Lipinski definition) is 3. The maximum absolute atomic E-state index is 4.23. The fourth-order valence-corrected chi connectivity index (χ4v) is 2.75. The summed E-state index contributed by atoms with van der Waals surface area (Å²) in [5.41, 5.74) is 0.459. The molecule has 0 saturated heterocycles. The van der Waals surface area contributed by atoms with Crippen LogP contribution in [0.15, 0.2) is 17.0 Å². The minimum absolute atomic E-state index is 0.459. The average molecular weight is 284 g/mol. The minimum atomic E-state index is 0.459. The second-order valence-electron chi connectivity index (χ2n) is 5.33. The standard InChI is InChI=1S/C12H18BrN3/c1-12(2)5-3-4-9(7-12)16-11-6-10(13)14-8-15-11/h6,8-9H,3-5,7H2,1-2H3,(H,14,15,16). The maximum atomic E-state index is 4.23. The molecule has 1 heterocycles. The van der Waals surface area contributed by atoms with Gasteiger partial charge in [-0.1, -0.05) is 20.3 Å². The maximum Gasteiger partial charge on any atom is 0.130 e. The van der Waals surface area contributed by atoms with Gasteiger partial charge in [-0.15, -0.1) is 0 Å². The van der Waals surface area contributed by atoms with Crippen molar-refractivity contribution in [3.05, 3.63) is 17.0 Å². The summed E-state index contributed by atoms with van der Waals surface area (Å²) in [6.45, 7) is 4.69. The Morgan fingerprint density at radius 3 is 2.94 bits per heavy atom. The number of rotatable bonds is 2. The molecule has 1 atom stereocenters. The van der Waals surface area contributed by atoms with E-state index in [0.29, 0.717) is 11.5 Å². The van der Waals surface area contributed by atoms with Gasteiger partial charge < -0.3 is 5.32 Å². The van der Waals surface area contributed by atoms with Crippen molar-refractivity contribution in [1.29, 1.82) is 0 Å². The summed E-state index contributed by atoms with van der Waals surface area (Å²) in [5, 5.41) is 3.50. The molecular formula is C12H18BrN3. The molecule has 0 spiro atoms. The van der Waals surface area contributed by atoms with Gasteiger partial charge in [0.25, 0.3) is 0 Å². The van der Waals surface area contributed by atoms with Crippen LogP contribution in [0.4, 0.5) is 5.82 Å². The van der Waals surface area contributed by atoms with E-state index >= 15 is 0 Å². The Morgan fingerprint density at radius 2 is 2.25 bits per heavy atom. The third kappa shape index (κ3) is 3.17. The Kier molecular flexibility index (Phi) is 3.47. The van der Waals surface area contributed by atoms with Gasteiger partial charge in [-0.2, -0.15) is 0 Å². The van der Waals surface area contributed by atoms with E-state index in [1.807, 2.05) is 6.07 Å². The van der Waals surface area contributed by atoms with E-state index in [2.05, 4.69) is 45.1 Å². The van der Waals surface area contributed by atoms with Gasteiger partial charge >= 0.3 is 0 Å². The van der Waals surface area contributed by atoms with Crippen molar-refractivity contribution in [3.8, 4) is 0 Å². The van der Waals surface area contributed by atoms with Crippen LogP contribution in [0.25, 0.3) is 0 Å². The van der Waals surface area contributed by atoms with Gasteiger partial charge in [0.1, 0.15) is 16.7 Å². The molecule has 0 amide bonds. The number of nitrogens with zero attached hydrogens (tertiary/aromatic N) is 2.